The Morgan fingerprint density at radius 3 is 2.09 bits per heavy atom. The van der Waals surface area contributed by atoms with Gasteiger partial charge in [-0.05, 0) is 31.6 Å². The molecule has 0 aliphatic heterocycles. The van der Waals surface area contributed by atoms with E-state index in [1.54, 1.807) is 0 Å². The van der Waals surface area contributed by atoms with Gasteiger partial charge in [-0.1, -0.05) is 128 Å². The summed E-state index contributed by atoms with van der Waals surface area (Å²) in [6.07, 6.45) is 37.8. The second-order valence-corrected chi connectivity index (χ2v) is 10.4. The molecule has 0 saturated carbocycles. The van der Waals surface area contributed by atoms with Crippen molar-refractivity contribution < 1.29 is 0 Å². The first-order valence-electron chi connectivity index (χ1n) is 14.1. The molecule has 2 nitrogen and oxygen atoms in total. The van der Waals surface area contributed by atoms with E-state index in [4.69, 9.17) is 4.98 Å². The zero-order valence-corrected chi connectivity index (χ0v) is 21.7. The summed E-state index contributed by atoms with van der Waals surface area (Å²) in [7, 11) is 0. The zero-order chi connectivity index (χ0) is 22.9. The Bertz CT molecular complexity index is 641. The molecule has 2 unspecified atom stereocenters. The fraction of sp³-hybridized carbons (Fsp3) is 0.767. The molecule has 32 heavy (non-hydrogen) atoms. The van der Waals surface area contributed by atoms with Gasteiger partial charge in [-0.25, -0.2) is 4.98 Å². The molecule has 0 saturated heterocycles. The van der Waals surface area contributed by atoms with Crippen LogP contribution in [0.25, 0.3) is 0 Å². The van der Waals surface area contributed by atoms with Crippen LogP contribution >= 0.6 is 0 Å². The maximum atomic E-state index is 4.83. The monoisotopic (exact) mass is 440 g/mol. The predicted molar refractivity (Wildman–Crippen MR) is 141 cm³/mol. The number of aromatic nitrogens is 2. The fourth-order valence-electron chi connectivity index (χ4n) is 5.28. The van der Waals surface area contributed by atoms with Crippen molar-refractivity contribution in [2.24, 2.45) is 5.41 Å². The second-order valence-electron chi connectivity index (χ2n) is 10.4. The normalized spacial score (nSPS) is 19.0. The number of rotatable bonds is 19. The Hall–Kier alpha value is -1.31. The van der Waals surface area contributed by atoms with Crippen molar-refractivity contribution in [3.05, 3.63) is 42.5 Å². The van der Waals surface area contributed by atoms with Crippen LogP contribution in [0.15, 0.2) is 36.7 Å². The van der Waals surface area contributed by atoms with Crippen molar-refractivity contribution in [2.45, 2.75) is 142 Å². The van der Waals surface area contributed by atoms with Gasteiger partial charge in [0.05, 0.1) is 0 Å². The summed E-state index contributed by atoms with van der Waals surface area (Å²) in [5.74, 6) is 1.29. The Labute approximate surface area is 200 Å². The lowest BCUT2D eigenvalue weighted by Crippen LogP contribution is -2.25. The second kappa shape index (κ2) is 16.3. The molecular formula is C30H52N2. The smallest absolute Gasteiger partial charge is 0.109 e. The summed E-state index contributed by atoms with van der Waals surface area (Å²) >= 11 is 0. The Morgan fingerprint density at radius 2 is 1.47 bits per heavy atom. The van der Waals surface area contributed by atoms with Gasteiger partial charge in [-0.15, -0.1) is 0 Å². The lowest BCUT2D eigenvalue weighted by molar-refractivity contribution is 0.315. The topological polar surface area (TPSA) is 17.8 Å². The van der Waals surface area contributed by atoms with Gasteiger partial charge in [0.25, 0.3) is 0 Å². The predicted octanol–water partition coefficient (Wildman–Crippen LogP) is 9.77. The lowest BCUT2D eigenvalue weighted by Gasteiger charge is -2.32. The highest BCUT2D eigenvalue weighted by Gasteiger charge is 2.29. The van der Waals surface area contributed by atoms with E-state index in [2.05, 4.69) is 55.8 Å². The third-order valence-corrected chi connectivity index (χ3v) is 7.46. The number of hydrogen-bond acceptors (Lipinski definition) is 1. The molecule has 2 rings (SSSR count). The molecule has 0 aromatic carbocycles. The molecule has 0 fully saturated rings. The summed E-state index contributed by atoms with van der Waals surface area (Å²) in [4.78, 5) is 4.83. The first-order valence-corrected chi connectivity index (χ1v) is 14.1. The van der Waals surface area contributed by atoms with Crippen LogP contribution in [0.1, 0.15) is 142 Å². The molecule has 0 N–H and O–H groups in total. The van der Waals surface area contributed by atoms with E-state index in [1.165, 1.54) is 109 Å². The molecule has 2 heteroatoms. The third kappa shape index (κ3) is 10.1. The average molecular weight is 441 g/mol. The van der Waals surface area contributed by atoms with Crippen molar-refractivity contribution >= 4 is 0 Å². The summed E-state index contributed by atoms with van der Waals surface area (Å²) < 4.78 is 2.48. The number of allylic oxidation sites excluding steroid dienone is 4. The molecule has 0 spiro atoms. The van der Waals surface area contributed by atoms with Gasteiger partial charge in [-0.2, -0.15) is 0 Å². The van der Waals surface area contributed by atoms with Crippen LogP contribution in [0.3, 0.4) is 0 Å². The van der Waals surface area contributed by atoms with Crippen molar-refractivity contribution in [1.82, 2.24) is 9.55 Å². The quantitative estimate of drug-likeness (QED) is 0.196. The number of unbranched alkanes of at least 4 members (excludes halogenated alkanes) is 12. The molecule has 1 aromatic heterocycles. The van der Waals surface area contributed by atoms with Crippen LogP contribution in [-0.4, -0.2) is 9.55 Å². The molecular weight excluding hydrogens is 388 g/mol. The fourth-order valence-corrected chi connectivity index (χ4v) is 5.28. The Kier molecular flexibility index (Phi) is 13.7. The molecule has 2 atom stereocenters. The minimum Gasteiger partial charge on any atom is -0.332 e. The van der Waals surface area contributed by atoms with E-state index in [0.717, 1.165) is 12.8 Å². The zero-order valence-electron chi connectivity index (χ0n) is 21.7. The van der Waals surface area contributed by atoms with E-state index in [0.29, 0.717) is 6.04 Å². The largest absolute Gasteiger partial charge is 0.332 e. The Balaban J connectivity index is 1.77. The van der Waals surface area contributed by atoms with Gasteiger partial charge in [0, 0.05) is 24.9 Å². The third-order valence-electron chi connectivity index (χ3n) is 7.46. The van der Waals surface area contributed by atoms with Gasteiger partial charge >= 0.3 is 0 Å². The van der Waals surface area contributed by atoms with Gasteiger partial charge < -0.3 is 4.57 Å². The minimum atomic E-state index is 0.265. The first kappa shape index (κ1) is 26.9. The minimum absolute atomic E-state index is 0.265. The van der Waals surface area contributed by atoms with Crippen molar-refractivity contribution in [3.63, 3.8) is 0 Å². The molecule has 1 aromatic rings. The van der Waals surface area contributed by atoms with Crippen molar-refractivity contribution in [2.75, 3.05) is 0 Å². The molecule has 0 amide bonds. The molecule has 1 aliphatic carbocycles. The summed E-state index contributed by atoms with van der Waals surface area (Å²) in [5.41, 5.74) is 0.265. The van der Waals surface area contributed by atoms with Crippen LogP contribution in [0, 0.1) is 5.41 Å². The maximum absolute atomic E-state index is 4.83. The van der Waals surface area contributed by atoms with Gasteiger partial charge in [0.1, 0.15) is 5.82 Å². The highest BCUT2D eigenvalue weighted by atomic mass is 15.1. The molecule has 0 bridgehead atoms. The molecule has 182 valence electrons. The number of nitrogens with zero attached hydrogens (tertiary/aromatic N) is 2. The van der Waals surface area contributed by atoms with Crippen LogP contribution in [0.2, 0.25) is 0 Å². The lowest BCUT2D eigenvalue weighted by atomic mass is 9.74. The van der Waals surface area contributed by atoms with Crippen LogP contribution in [-0.2, 0) is 6.42 Å². The van der Waals surface area contributed by atoms with Crippen LogP contribution in [0.5, 0.6) is 0 Å². The Morgan fingerprint density at radius 1 is 0.844 bits per heavy atom. The average Bonchev–Trinajstić information content (AvgIpc) is 3.26. The summed E-state index contributed by atoms with van der Waals surface area (Å²) in [6, 6.07) is 0.557. The van der Waals surface area contributed by atoms with E-state index < -0.39 is 0 Å². The number of hydrogen-bond donors (Lipinski definition) is 0. The van der Waals surface area contributed by atoms with E-state index in [1.807, 2.05) is 6.20 Å². The van der Waals surface area contributed by atoms with E-state index >= 15 is 0 Å². The van der Waals surface area contributed by atoms with Gasteiger partial charge in [-0.3, -0.25) is 0 Å². The van der Waals surface area contributed by atoms with Gasteiger partial charge in [0.2, 0.25) is 0 Å². The molecule has 1 aliphatic rings. The number of imidazole rings is 1. The van der Waals surface area contributed by atoms with Crippen LogP contribution < -0.4 is 0 Å². The standard InChI is InChI=1S/C30H52N2/c1-4-6-8-10-11-12-13-14-17-21-28(3)32-26-25-31-29(32)27-30(23-19-16-20-24-30)22-18-15-9-7-5-2/h16,19-20,23,25-26,28H,4-15,17-18,21-22,24,27H2,1-3H3. The SMILES string of the molecule is CCCCCCCCCCCC(C)n1ccnc1CC1(CCCCCCC)C=CC=CC1. The highest BCUT2D eigenvalue weighted by molar-refractivity contribution is 5.19. The van der Waals surface area contributed by atoms with Crippen molar-refractivity contribution in [3.8, 4) is 0 Å². The van der Waals surface area contributed by atoms with Crippen molar-refractivity contribution in [1.29, 1.82) is 0 Å². The molecule has 1 heterocycles. The first-order chi connectivity index (χ1) is 15.7. The summed E-state index contributed by atoms with van der Waals surface area (Å²) in [6.45, 7) is 6.99. The van der Waals surface area contributed by atoms with E-state index in [9.17, 15) is 0 Å². The summed E-state index contributed by atoms with van der Waals surface area (Å²) in [5, 5.41) is 0. The van der Waals surface area contributed by atoms with Gasteiger partial charge in [0.15, 0.2) is 0 Å². The molecule has 0 radical (unpaired) electrons. The highest BCUT2D eigenvalue weighted by Crippen LogP contribution is 2.38. The van der Waals surface area contributed by atoms with Crippen LogP contribution in [0.4, 0.5) is 0 Å². The van der Waals surface area contributed by atoms with E-state index in [-0.39, 0.29) is 5.41 Å². The maximum Gasteiger partial charge on any atom is 0.109 e.